The van der Waals surface area contributed by atoms with Gasteiger partial charge in [-0.05, 0) is 36.8 Å². The van der Waals surface area contributed by atoms with Gasteiger partial charge in [0.2, 0.25) is 5.95 Å². The van der Waals surface area contributed by atoms with E-state index in [0.29, 0.717) is 27.3 Å². The third-order valence-corrected chi connectivity index (χ3v) is 5.38. The lowest BCUT2D eigenvalue weighted by molar-refractivity contribution is -0.138. The Morgan fingerprint density at radius 1 is 1.29 bits per heavy atom. The number of halogens is 2. The molecule has 4 rings (SSSR count). The number of esters is 1. The Morgan fingerprint density at radius 3 is 2.82 bits per heavy atom. The van der Waals surface area contributed by atoms with Crippen LogP contribution < -0.4 is 5.32 Å². The van der Waals surface area contributed by atoms with E-state index in [4.69, 9.17) is 27.9 Å². The summed E-state index contributed by atoms with van der Waals surface area (Å²) in [5.41, 5.74) is 3.68. The summed E-state index contributed by atoms with van der Waals surface area (Å²) in [6.07, 6.45) is 1.54. The second-order valence-electron chi connectivity index (χ2n) is 6.42. The number of allylic oxidation sites excluding steroid dienone is 1. The van der Waals surface area contributed by atoms with Crippen molar-refractivity contribution in [3.05, 3.63) is 82.0 Å². The normalized spacial score (nSPS) is 15.9. The summed E-state index contributed by atoms with van der Waals surface area (Å²) in [7, 11) is 0. The maximum absolute atomic E-state index is 12.9. The maximum atomic E-state index is 12.9. The maximum Gasteiger partial charge on any atom is 0.338 e. The summed E-state index contributed by atoms with van der Waals surface area (Å²) in [6.45, 7) is 5.57. The fourth-order valence-corrected chi connectivity index (χ4v) is 3.75. The number of aromatic nitrogens is 2. The lowest BCUT2D eigenvalue weighted by atomic mass is 9.95. The topological polar surface area (TPSA) is 56.1 Å². The molecule has 0 fully saturated rings. The van der Waals surface area contributed by atoms with Crippen LogP contribution in [0, 0.1) is 0 Å². The van der Waals surface area contributed by atoms with Crippen molar-refractivity contribution in [2.24, 2.45) is 0 Å². The van der Waals surface area contributed by atoms with Gasteiger partial charge in [-0.3, -0.25) is 4.57 Å². The van der Waals surface area contributed by atoms with E-state index in [1.54, 1.807) is 12.1 Å². The quantitative estimate of drug-likeness (QED) is 0.461. The van der Waals surface area contributed by atoms with E-state index in [-0.39, 0.29) is 6.61 Å². The first-order chi connectivity index (χ1) is 13.5. The number of ether oxygens (including phenoxy) is 1. The Labute approximate surface area is 172 Å². The molecule has 0 unspecified atom stereocenters. The number of hydrogen-bond acceptors (Lipinski definition) is 4. The van der Waals surface area contributed by atoms with Gasteiger partial charge in [-0.1, -0.05) is 54.1 Å². The van der Waals surface area contributed by atoms with Crippen LogP contribution in [0.25, 0.3) is 11.0 Å². The van der Waals surface area contributed by atoms with Crippen molar-refractivity contribution in [3.63, 3.8) is 0 Å². The van der Waals surface area contributed by atoms with Crippen LogP contribution in [-0.2, 0) is 9.53 Å². The van der Waals surface area contributed by atoms with Crippen LogP contribution in [0.3, 0.4) is 0 Å². The highest BCUT2D eigenvalue weighted by Crippen LogP contribution is 2.40. The van der Waals surface area contributed by atoms with E-state index in [1.165, 1.54) is 6.08 Å². The molecule has 2 aromatic carbocycles. The van der Waals surface area contributed by atoms with Crippen LogP contribution in [0.2, 0.25) is 10.0 Å². The van der Waals surface area contributed by atoms with Crippen molar-refractivity contribution in [1.82, 2.24) is 9.55 Å². The lowest BCUT2D eigenvalue weighted by Crippen LogP contribution is -2.29. The molecule has 0 saturated carbocycles. The molecule has 0 saturated heterocycles. The van der Waals surface area contributed by atoms with Gasteiger partial charge in [-0.15, -0.1) is 0 Å². The first kappa shape index (κ1) is 18.6. The molecular weight excluding hydrogens is 397 g/mol. The summed E-state index contributed by atoms with van der Waals surface area (Å²) >= 11 is 12.4. The molecule has 3 aromatic rings. The first-order valence-electron chi connectivity index (χ1n) is 8.69. The summed E-state index contributed by atoms with van der Waals surface area (Å²) in [6, 6.07) is 12.6. The number of carbonyl (C=O) groups is 1. The molecule has 1 atom stereocenters. The Balaban J connectivity index is 1.96. The first-order valence-corrected chi connectivity index (χ1v) is 9.44. The van der Waals surface area contributed by atoms with Gasteiger partial charge in [0.1, 0.15) is 6.61 Å². The van der Waals surface area contributed by atoms with E-state index < -0.39 is 12.0 Å². The number of para-hydroxylation sites is 2. The number of hydrogen-bond donors (Lipinski definition) is 1. The average molecular weight is 414 g/mol. The van der Waals surface area contributed by atoms with Gasteiger partial charge in [0.05, 0.1) is 32.7 Å². The van der Waals surface area contributed by atoms with Crippen LogP contribution in [0.5, 0.6) is 0 Å². The number of nitrogens with zero attached hydrogens (tertiary/aromatic N) is 2. The van der Waals surface area contributed by atoms with Crippen LogP contribution >= 0.6 is 23.2 Å². The minimum atomic E-state index is -0.462. The molecule has 2 heterocycles. The predicted molar refractivity (Wildman–Crippen MR) is 112 cm³/mol. The number of benzene rings is 2. The minimum Gasteiger partial charge on any atom is -0.458 e. The molecular formula is C21H17Cl2N3O2. The number of imidazole rings is 1. The van der Waals surface area contributed by atoms with Gasteiger partial charge in [0.15, 0.2) is 0 Å². The number of carbonyl (C=O) groups excluding carboxylic acids is 1. The molecule has 0 aliphatic carbocycles. The molecule has 5 nitrogen and oxygen atoms in total. The number of rotatable bonds is 4. The molecule has 0 amide bonds. The van der Waals surface area contributed by atoms with Crippen LogP contribution in [0.1, 0.15) is 18.5 Å². The molecule has 142 valence electrons. The largest absolute Gasteiger partial charge is 0.458 e. The Bertz CT molecular complexity index is 1130. The zero-order valence-electron chi connectivity index (χ0n) is 15.1. The molecule has 1 aliphatic heterocycles. The fourth-order valence-electron chi connectivity index (χ4n) is 3.44. The van der Waals surface area contributed by atoms with E-state index in [9.17, 15) is 4.79 Å². The molecule has 1 aromatic heterocycles. The van der Waals surface area contributed by atoms with E-state index in [2.05, 4.69) is 16.9 Å². The van der Waals surface area contributed by atoms with Crippen molar-refractivity contribution in [2.75, 3.05) is 11.9 Å². The number of fused-ring (bicyclic) bond motifs is 3. The standard InChI is InChI=1S/C21H17Cl2N3O2/c1-3-10-28-20(27)18-12(2)24-21-25-16-6-4-5-7-17(16)26(21)19(18)13-8-9-14(22)15(23)11-13/h3-9,11,19H,1,10H2,2H3,(H,24,25)/t19-/m0/s1. The van der Waals surface area contributed by atoms with Gasteiger partial charge in [0, 0.05) is 5.70 Å². The van der Waals surface area contributed by atoms with Gasteiger partial charge in [-0.25, -0.2) is 9.78 Å². The smallest absolute Gasteiger partial charge is 0.338 e. The zero-order valence-corrected chi connectivity index (χ0v) is 16.6. The van der Waals surface area contributed by atoms with Gasteiger partial charge < -0.3 is 10.1 Å². The van der Waals surface area contributed by atoms with Crippen molar-refractivity contribution in [2.45, 2.75) is 13.0 Å². The van der Waals surface area contributed by atoms with E-state index in [1.807, 2.05) is 41.8 Å². The summed E-state index contributed by atoms with van der Waals surface area (Å²) in [5.74, 6) is 0.222. The Morgan fingerprint density at radius 2 is 2.07 bits per heavy atom. The molecule has 28 heavy (non-hydrogen) atoms. The summed E-state index contributed by atoms with van der Waals surface area (Å²) in [5, 5.41) is 4.10. The SMILES string of the molecule is C=CCOC(=O)C1=C(C)Nc2nc3ccccc3n2[C@H]1c1ccc(Cl)c(Cl)c1. The summed E-state index contributed by atoms with van der Waals surface area (Å²) in [4.78, 5) is 17.6. The molecule has 1 N–H and O–H groups in total. The second-order valence-corrected chi connectivity index (χ2v) is 7.24. The number of anilines is 1. The fraction of sp³-hybridized carbons (Fsp3) is 0.143. The van der Waals surface area contributed by atoms with E-state index >= 15 is 0 Å². The van der Waals surface area contributed by atoms with Crippen molar-refractivity contribution in [1.29, 1.82) is 0 Å². The summed E-state index contributed by atoms with van der Waals surface area (Å²) < 4.78 is 7.34. The van der Waals surface area contributed by atoms with Crippen LogP contribution in [-0.4, -0.2) is 22.1 Å². The highest BCUT2D eigenvalue weighted by molar-refractivity contribution is 6.42. The van der Waals surface area contributed by atoms with Crippen LogP contribution in [0.15, 0.2) is 66.4 Å². The second kappa shape index (κ2) is 7.34. The third kappa shape index (κ3) is 3.07. The Hall–Kier alpha value is -2.76. The molecule has 1 aliphatic rings. The zero-order chi connectivity index (χ0) is 19.8. The van der Waals surface area contributed by atoms with Gasteiger partial charge in [0.25, 0.3) is 0 Å². The van der Waals surface area contributed by atoms with E-state index in [0.717, 1.165) is 16.6 Å². The predicted octanol–water partition coefficient (Wildman–Crippen LogP) is 5.36. The minimum absolute atomic E-state index is 0.126. The van der Waals surface area contributed by atoms with Gasteiger partial charge >= 0.3 is 5.97 Å². The third-order valence-electron chi connectivity index (χ3n) is 4.64. The molecule has 7 heteroatoms. The average Bonchev–Trinajstić information content (AvgIpc) is 3.05. The molecule has 0 spiro atoms. The molecule has 0 bridgehead atoms. The van der Waals surface area contributed by atoms with Gasteiger partial charge in [-0.2, -0.15) is 0 Å². The lowest BCUT2D eigenvalue weighted by Gasteiger charge is -2.30. The number of nitrogens with one attached hydrogen (secondary N) is 1. The molecule has 0 radical (unpaired) electrons. The highest BCUT2D eigenvalue weighted by atomic mass is 35.5. The van der Waals surface area contributed by atoms with Crippen LogP contribution in [0.4, 0.5) is 5.95 Å². The monoisotopic (exact) mass is 413 g/mol. The van der Waals surface area contributed by atoms with Crippen molar-refractivity contribution < 1.29 is 9.53 Å². The van der Waals surface area contributed by atoms with Crippen molar-refractivity contribution >= 4 is 46.2 Å². The highest BCUT2D eigenvalue weighted by Gasteiger charge is 2.35. The Kier molecular flexibility index (Phi) is 4.87. The van der Waals surface area contributed by atoms with Crippen molar-refractivity contribution in [3.8, 4) is 0 Å².